The van der Waals surface area contributed by atoms with Crippen LogP contribution in [0.2, 0.25) is 0 Å². The van der Waals surface area contributed by atoms with E-state index >= 15 is 0 Å². The fraction of sp³-hybridized carbons (Fsp3) is 0.600. The quantitative estimate of drug-likeness (QED) is 0.816. The third kappa shape index (κ3) is 3.47. The van der Waals surface area contributed by atoms with Crippen molar-refractivity contribution in [2.75, 3.05) is 11.4 Å². The summed E-state index contributed by atoms with van der Waals surface area (Å²) < 4.78 is 0. The van der Waals surface area contributed by atoms with Crippen LogP contribution < -0.4 is 10.6 Å². The summed E-state index contributed by atoms with van der Waals surface area (Å²) in [7, 11) is 0. The maximum absolute atomic E-state index is 5.71. The highest BCUT2D eigenvalue weighted by atomic mass is 15.2. The average molecular weight is 232 g/mol. The van der Waals surface area contributed by atoms with Gasteiger partial charge in [0.2, 0.25) is 0 Å². The van der Waals surface area contributed by atoms with Crippen molar-refractivity contribution in [1.82, 2.24) is 0 Å². The highest BCUT2D eigenvalue weighted by Gasteiger charge is 2.29. The van der Waals surface area contributed by atoms with Gasteiger partial charge < -0.3 is 10.6 Å². The minimum atomic E-state index is 0.635. The summed E-state index contributed by atoms with van der Waals surface area (Å²) in [6, 6.07) is 9.48. The van der Waals surface area contributed by atoms with E-state index in [-0.39, 0.29) is 0 Å². The molecule has 1 aromatic rings. The second kappa shape index (κ2) is 5.54. The zero-order chi connectivity index (χ0) is 12.3. The monoisotopic (exact) mass is 232 g/mol. The molecule has 0 radical (unpaired) electrons. The number of rotatable bonds is 6. The molecular weight excluding hydrogens is 208 g/mol. The lowest BCUT2D eigenvalue weighted by Crippen LogP contribution is -2.27. The summed E-state index contributed by atoms with van der Waals surface area (Å²) in [6.07, 6.45) is 3.97. The average Bonchev–Trinajstić information content (AvgIpc) is 3.14. The second-order valence-electron chi connectivity index (χ2n) is 5.48. The molecule has 0 spiro atoms. The Hall–Kier alpha value is -1.02. The third-order valence-corrected chi connectivity index (χ3v) is 3.41. The van der Waals surface area contributed by atoms with Crippen molar-refractivity contribution in [3.8, 4) is 0 Å². The number of nitrogens with zero attached hydrogens (tertiary/aromatic N) is 1. The van der Waals surface area contributed by atoms with Crippen molar-refractivity contribution in [3.63, 3.8) is 0 Å². The molecule has 0 heterocycles. The van der Waals surface area contributed by atoms with E-state index in [1.54, 1.807) is 0 Å². The van der Waals surface area contributed by atoms with Crippen LogP contribution >= 0.6 is 0 Å². The molecule has 0 unspecified atom stereocenters. The molecule has 17 heavy (non-hydrogen) atoms. The zero-order valence-corrected chi connectivity index (χ0v) is 11.0. The lowest BCUT2D eigenvalue weighted by atomic mass is 10.1. The van der Waals surface area contributed by atoms with Crippen LogP contribution in [0.25, 0.3) is 0 Å². The molecule has 2 nitrogen and oxygen atoms in total. The van der Waals surface area contributed by atoms with Crippen LogP contribution in [0.15, 0.2) is 24.3 Å². The minimum Gasteiger partial charge on any atom is -0.369 e. The lowest BCUT2D eigenvalue weighted by Gasteiger charge is -2.26. The second-order valence-corrected chi connectivity index (χ2v) is 5.48. The summed E-state index contributed by atoms with van der Waals surface area (Å²) in [5.74, 6) is 0.772. The van der Waals surface area contributed by atoms with E-state index in [1.165, 1.54) is 37.1 Å². The van der Waals surface area contributed by atoms with Gasteiger partial charge in [-0.3, -0.25) is 0 Å². The van der Waals surface area contributed by atoms with Crippen LogP contribution in [0, 0.1) is 5.92 Å². The van der Waals surface area contributed by atoms with E-state index in [4.69, 9.17) is 5.73 Å². The highest BCUT2D eigenvalue weighted by Crippen LogP contribution is 2.32. The molecule has 1 aliphatic rings. The molecule has 0 bridgehead atoms. The molecule has 94 valence electrons. The Bertz CT molecular complexity index is 356. The van der Waals surface area contributed by atoms with Crippen molar-refractivity contribution in [1.29, 1.82) is 0 Å². The SMILES string of the molecule is CC(C)CCN(c1cccc(CN)c1)C1CC1. The molecule has 0 aliphatic heterocycles. The topological polar surface area (TPSA) is 29.3 Å². The Morgan fingerprint density at radius 1 is 1.35 bits per heavy atom. The molecule has 0 aromatic heterocycles. The third-order valence-electron chi connectivity index (χ3n) is 3.41. The number of hydrogen-bond acceptors (Lipinski definition) is 2. The first-order valence-electron chi connectivity index (χ1n) is 6.76. The van der Waals surface area contributed by atoms with Crippen molar-refractivity contribution in [3.05, 3.63) is 29.8 Å². The number of benzene rings is 1. The number of anilines is 1. The largest absolute Gasteiger partial charge is 0.369 e. The lowest BCUT2D eigenvalue weighted by molar-refractivity contribution is 0.570. The molecule has 1 aromatic carbocycles. The Balaban J connectivity index is 2.08. The zero-order valence-electron chi connectivity index (χ0n) is 11.0. The molecule has 2 heteroatoms. The van der Waals surface area contributed by atoms with Crippen LogP contribution in [0.4, 0.5) is 5.69 Å². The van der Waals surface area contributed by atoms with E-state index in [9.17, 15) is 0 Å². The van der Waals surface area contributed by atoms with Gasteiger partial charge in [0, 0.05) is 24.8 Å². The Morgan fingerprint density at radius 2 is 2.12 bits per heavy atom. The highest BCUT2D eigenvalue weighted by molar-refractivity contribution is 5.50. The predicted octanol–water partition coefficient (Wildman–Crippen LogP) is 3.16. The van der Waals surface area contributed by atoms with E-state index in [2.05, 4.69) is 43.0 Å². The molecule has 0 amide bonds. The fourth-order valence-electron chi connectivity index (χ4n) is 2.17. The van der Waals surface area contributed by atoms with Crippen molar-refractivity contribution >= 4 is 5.69 Å². The molecule has 1 saturated carbocycles. The van der Waals surface area contributed by atoms with Gasteiger partial charge in [0.25, 0.3) is 0 Å². The van der Waals surface area contributed by atoms with Crippen molar-refractivity contribution < 1.29 is 0 Å². The maximum Gasteiger partial charge on any atom is 0.0371 e. The van der Waals surface area contributed by atoms with Crippen molar-refractivity contribution in [2.45, 2.75) is 45.7 Å². The molecule has 1 fully saturated rings. The molecule has 2 N–H and O–H groups in total. The van der Waals surface area contributed by atoms with Gasteiger partial charge in [0.1, 0.15) is 0 Å². The van der Waals surface area contributed by atoms with Crippen LogP contribution in [0.1, 0.15) is 38.7 Å². The number of nitrogens with two attached hydrogens (primary N) is 1. The first kappa shape index (κ1) is 12.4. The van der Waals surface area contributed by atoms with Gasteiger partial charge in [-0.15, -0.1) is 0 Å². The minimum absolute atomic E-state index is 0.635. The van der Waals surface area contributed by atoms with E-state index in [0.29, 0.717) is 6.54 Å². The smallest absolute Gasteiger partial charge is 0.0371 e. The summed E-state index contributed by atoms with van der Waals surface area (Å²) >= 11 is 0. The van der Waals surface area contributed by atoms with Gasteiger partial charge in [-0.2, -0.15) is 0 Å². The van der Waals surface area contributed by atoms with Gasteiger partial charge in [-0.25, -0.2) is 0 Å². The maximum atomic E-state index is 5.71. The van der Waals surface area contributed by atoms with Crippen LogP contribution in [-0.2, 0) is 6.54 Å². The van der Waals surface area contributed by atoms with E-state index < -0.39 is 0 Å². The van der Waals surface area contributed by atoms with Gasteiger partial charge >= 0.3 is 0 Å². The Labute approximate surface area is 105 Å². The Morgan fingerprint density at radius 3 is 2.71 bits per heavy atom. The van der Waals surface area contributed by atoms with Crippen molar-refractivity contribution in [2.24, 2.45) is 11.7 Å². The number of hydrogen-bond donors (Lipinski definition) is 1. The molecule has 1 aliphatic carbocycles. The summed E-state index contributed by atoms with van der Waals surface area (Å²) in [5, 5.41) is 0. The summed E-state index contributed by atoms with van der Waals surface area (Å²) in [4.78, 5) is 2.57. The molecular formula is C15H24N2. The van der Waals surface area contributed by atoms with Crippen LogP contribution in [-0.4, -0.2) is 12.6 Å². The van der Waals surface area contributed by atoms with Gasteiger partial charge in [-0.05, 0) is 42.9 Å². The van der Waals surface area contributed by atoms with Gasteiger partial charge in [0.15, 0.2) is 0 Å². The first-order valence-corrected chi connectivity index (χ1v) is 6.76. The summed E-state index contributed by atoms with van der Waals surface area (Å²) in [5.41, 5.74) is 8.31. The van der Waals surface area contributed by atoms with Crippen LogP contribution in [0.5, 0.6) is 0 Å². The first-order chi connectivity index (χ1) is 8.20. The molecule has 2 rings (SSSR count). The van der Waals surface area contributed by atoms with Crippen LogP contribution in [0.3, 0.4) is 0 Å². The standard InChI is InChI=1S/C15H24N2/c1-12(2)8-9-17(14-6-7-14)15-5-3-4-13(10-15)11-16/h3-5,10,12,14H,6-9,11,16H2,1-2H3. The predicted molar refractivity (Wildman–Crippen MR) is 74.2 cm³/mol. The summed E-state index contributed by atoms with van der Waals surface area (Å²) in [6.45, 7) is 6.40. The Kier molecular flexibility index (Phi) is 4.06. The molecule has 0 atom stereocenters. The fourth-order valence-corrected chi connectivity index (χ4v) is 2.17. The molecule has 0 saturated heterocycles. The van der Waals surface area contributed by atoms with Gasteiger partial charge in [-0.1, -0.05) is 26.0 Å². The van der Waals surface area contributed by atoms with Gasteiger partial charge in [0.05, 0.1) is 0 Å². The van der Waals surface area contributed by atoms with E-state index in [1.807, 2.05) is 0 Å². The van der Waals surface area contributed by atoms with E-state index in [0.717, 1.165) is 12.0 Å². The normalized spacial score (nSPS) is 15.3.